The van der Waals surface area contributed by atoms with Crippen molar-refractivity contribution >= 4 is 5.91 Å². The van der Waals surface area contributed by atoms with Crippen LogP contribution < -0.4 is 10.1 Å². The van der Waals surface area contributed by atoms with Crippen molar-refractivity contribution in [2.75, 3.05) is 6.61 Å². The number of nitrogens with one attached hydrogen (secondary N) is 1. The Balaban J connectivity index is 1.59. The second kappa shape index (κ2) is 6.39. The normalized spacial score (nSPS) is 16.0. The maximum atomic E-state index is 13.1. The van der Waals surface area contributed by atoms with Gasteiger partial charge in [-0.05, 0) is 30.3 Å². The van der Waals surface area contributed by atoms with Crippen molar-refractivity contribution in [2.24, 2.45) is 0 Å². The second-order valence-electron chi connectivity index (χ2n) is 5.83. The van der Waals surface area contributed by atoms with Gasteiger partial charge in [-0.1, -0.05) is 18.2 Å². The van der Waals surface area contributed by atoms with Crippen LogP contribution in [0, 0.1) is 5.82 Å². The van der Waals surface area contributed by atoms with Crippen molar-refractivity contribution in [2.45, 2.75) is 12.5 Å². The summed E-state index contributed by atoms with van der Waals surface area (Å²) in [5.41, 5.74) is 2.04. The standard InChI is InChI=1S/C19H16FN3O2/c20-13-5-7-14(8-6-13)23-12-21-11-17(23)19(24)22-16-9-10-25-18-4-2-1-3-15(16)18/h1-8,11-12,16H,9-10H2,(H,22,24). The molecule has 0 fully saturated rings. The maximum absolute atomic E-state index is 13.1. The third-order valence-corrected chi connectivity index (χ3v) is 4.24. The monoisotopic (exact) mass is 337 g/mol. The van der Waals surface area contributed by atoms with Crippen LogP contribution >= 0.6 is 0 Å². The molecule has 0 bridgehead atoms. The molecule has 1 atom stereocenters. The number of hydrogen-bond donors (Lipinski definition) is 1. The van der Waals surface area contributed by atoms with Gasteiger partial charge < -0.3 is 10.1 Å². The fourth-order valence-electron chi connectivity index (χ4n) is 2.99. The zero-order valence-corrected chi connectivity index (χ0v) is 13.4. The first-order valence-electron chi connectivity index (χ1n) is 8.03. The van der Waals surface area contributed by atoms with E-state index in [1.807, 2.05) is 24.3 Å². The van der Waals surface area contributed by atoms with Crippen LogP contribution in [0.15, 0.2) is 61.1 Å². The quantitative estimate of drug-likeness (QED) is 0.798. The zero-order chi connectivity index (χ0) is 17.2. The molecule has 0 saturated heterocycles. The van der Waals surface area contributed by atoms with Crippen LogP contribution in [-0.4, -0.2) is 22.1 Å². The molecule has 1 aliphatic heterocycles. The number of fused-ring (bicyclic) bond motifs is 1. The number of ether oxygens (including phenoxy) is 1. The minimum atomic E-state index is -0.325. The van der Waals surface area contributed by atoms with Gasteiger partial charge in [-0.15, -0.1) is 0 Å². The largest absolute Gasteiger partial charge is 0.493 e. The Kier molecular flexibility index (Phi) is 3.93. The van der Waals surface area contributed by atoms with Crippen LogP contribution in [-0.2, 0) is 0 Å². The number of hydrogen-bond acceptors (Lipinski definition) is 3. The number of aromatic nitrogens is 2. The lowest BCUT2D eigenvalue weighted by Crippen LogP contribution is -2.33. The number of benzene rings is 2. The summed E-state index contributed by atoms with van der Waals surface area (Å²) in [6.45, 7) is 0.555. The summed E-state index contributed by atoms with van der Waals surface area (Å²) in [6.07, 6.45) is 3.75. The predicted molar refractivity (Wildman–Crippen MR) is 90.3 cm³/mol. The van der Waals surface area contributed by atoms with E-state index in [2.05, 4.69) is 10.3 Å². The molecule has 1 N–H and O–H groups in total. The van der Waals surface area contributed by atoms with E-state index in [-0.39, 0.29) is 17.8 Å². The van der Waals surface area contributed by atoms with Gasteiger partial charge in [-0.25, -0.2) is 9.37 Å². The zero-order valence-electron chi connectivity index (χ0n) is 13.4. The van der Waals surface area contributed by atoms with E-state index < -0.39 is 0 Å². The van der Waals surface area contributed by atoms with Crippen molar-refractivity contribution in [3.05, 3.63) is 78.1 Å². The first-order valence-corrected chi connectivity index (χ1v) is 8.03. The van der Waals surface area contributed by atoms with E-state index in [1.54, 1.807) is 23.0 Å². The molecule has 1 aliphatic rings. The molecule has 25 heavy (non-hydrogen) atoms. The molecule has 2 aromatic carbocycles. The van der Waals surface area contributed by atoms with Crippen LogP contribution in [0.2, 0.25) is 0 Å². The molecule has 0 spiro atoms. The lowest BCUT2D eigenvalue weighted by Gasteiger charge is -2.26. The van der Waals surface area contributed by atoms with Crippen molar-refractivity contribution in [3.8, 4) is 11.4 Å². The Morgan fingerprint density at radius 2 is 2.00 bits per heavy atom. The van der Waals surface area contributed by atoms with Gasteiger partial charge in [0.05, 0.1) is 25.2 Å². The minimum absolute atomic E-state index is 0.117. The van der Waals surface area contributed by atoms with Crippen LogP contribution in [0.4, 0.5) is 4.39 Å². The van der Waals surface area contributed by atoms with Gasteiger partial charge >= 0.3 is 0 Å². The highest BCUT2D eigenvalue weighted by molar-refractivity contribution is 5.93. The SMILES string of the molecule is O=C(NC1CCOc2ccccc21)c1cncn1-c1ccc(F)cc1. The number of para-hydroxylation sites is 1. The number of amides is 1. The summed E-state index contributed by atoms with van der Waals surface area (Å²) in [5, 5.41) is 3.05. The Hall–Kier alpha value is -3.15. The number of imidazole rings is 1. The van der Waals surface area contributed by atoms with Crippen LogP contribution in [0.5, 0.6) is 5.75 Å². The van der Waals surface area contributed by atoms with Gasteiger partial charge in [0.2, 0.25) is 0 Å². The molecule has 4 rings (SSSR count). The first kappa shape index (κ1) is 15.4. The smallest absolute Gasteiger partial charge is 0.270 e. The van der Waals surface area contributed by atoms with Crippen molar-refractivity contribution in [3.63, 3.8) is 0 Å². The van der Waals surface area contributed by atoms with E-state index in [0.29, 0.717) is 24.4 Å². The topological polar surface area (TPSA) is 56.1 Å². The predicted octanol–water partition coefficient (Wildman–Crippen LogP) is 3.27. The summed E-state index contributed by atoms with van der Waals surface area (Å²) in [7, 11) is 0. The van der Waals surface area contributed by atoms with Gasteiger partial charge in [0.1, 0.15) is 17.3 Å². The van der Waals surface area contributed by atoms with Crippen molar-refractivity contribution in [1.29, 1.82) is 0 Å². The van der Waals surface area contributed by atoms with Gasteiger partial charge in [0.25, 0.3) is 5.91 Å². The lowest BCUT2D eigenvalue weighted by molar-refractivity contribution is 0.0918. The van der Waals surface area contributed by atoms with E-state index in [4.69, 9.17) is 4.74 Å². The first-order chi connectivity index (χ1) is 12.2. The number of carbonyl (C=O) groups is 1. The summed E-state index contributed by atoms with van der Waals surface area (Å²) >= 11 is 0. The molecule has 126 valence electrons. The fraction of sp³-hybridized carbons (Fsp3) is 0.158. The third-order valence-electron chi connectivity index (χ3n) is 4.24. The maximum Gasteiger partial charge on any atom is 0.270 e. The number of carbonyl (C=O) groups excluding carboxylic acids is 1. The Morgan fingerprint density at radius 3 is 2.84 bits per heavy atom. The molecule has 2 heterocycles. The van der Waals surface area contributed by atoms with Crippen molar-refractivity contribution in [1.82, 2.24) is 14.9 Å². The summed E-state index contributed by atoms with van der Waals surface area (Å²) < 4.78 is 20.4. The summed E-state index contributed by atoms with van der Waals surface area (Å²) in [5.74, 6) is 0.239. The Labute approximate surface area is 144 Å². The average Bonchev–Trinajstić information content (AvgIpc) is 3.12. The van der Waals surface area contributed by atoms with E-state index in [1.165, 1.54) is 18.3 Å². The molecule has 3 aromatic rings. The molecule has 6 heteroatoms. The van der Waals surface area contributed by atoms with Crippen LogP contribution in [0.3, 0.4) is 0 Å². The molecule has 1 unspecified atom stereocenters. The number of nitrogens with zero attached hydrogens (tertiary/aromatic N) is 2. The van der Waals surface area contributed by atoms with Gasteiger partial charge in [0.15, 0.2) is 0 Å². The lowest BCUT2D eigenvalue weighted by atomic mass is 10.0. The number of rotatable bonds is 3. The van der Waals surface area contributed by atoms with Gasteiger partial charge in [-0.3, -0.25) is 9.36 Å². The summed E-state index contributed by atoms with van der Waals surface area (Å²) in [6, 6.07) is 13.5. The average molecular weight is 337 g/mol. The third kappa shape index (κ3) is 2.98. The van der Waals surface area contributed by atoms with Crippen molar-refractivity contribution < 1.29 is 13.9 Å². The molecule has 5 nitrogen and oxygen atoms in total. The second-order valence-corrected chi connectivity index (χ2v) is 5.83. The molecule has 1 aromatic heterocycles. The summed E-state index contributed by atoms with van der Waals surface area (Å²) in [4.78, 5) is 16.8. The Bertz CT molecular complexity index is 905. The van der Waals surface area contributed by atoms with E-state index in [0.717, 1.165) is 11.3 Å². The van der Waals surface area contributed by atoms with Gasteiger partial charge in [-0.2, -0.15) is 0 Å². The highest BCUT2D eigenvalue weighted by Gasteiger charge is 2.24. The molecule has 1 amide bonds. The minimum Gasteiger partial charge on any atom is -0.493 e. The Morgan fingerprint density at radius 1 is 1.20 bits per heavy atom. The highest BCUT2D eigenvalue weighted by Crippen LogP contribution is 2.31. The van der Waals surface area contributed by atoms with E-state index in [9.17, 15) is 9.18 Å². The van der Waals surface area contributed by atoms with Gasteiger partial charge in [0, 0.05) is 17.7 Å². The van der Waals surface area contributed by atoms with Crippen LogP contribution in [0.25, 0.3) is 5.69 Å². The number of halogens is 1. The molecule has 0 saturated carbocycles. The molecule has 0 aliphatic carbocycles. The fourth-order valence-corrected chi connectivity index (χ4v) is 2.99. The highest BCUT2D eigenvalue weighted by atomic mass is 19.1. The molecular weight excluding hydrogens is 321 g/mol. The van der Waals surface area contributed by atoms with E-state index >= 15 is 0 Å². The molecule has 0 radical (unpaired) electrons. The molecular formula is C19H16FN3O2. The van der Waals surface area contributed by atoms with Crippen LogP contribution in [0.1, 0.15) is 28.5 Å².